The van der Waals surface area contributed by atoms with E-state index in [1.54, 1.807) is 24.3 Å². The Morgan fingerprint density at radius 1 is 1.38 bits per heavy atom. The molecule has 1 amide bonds. The topological polar surface area (TPSA) is 81.6 Å². The first kappa shape index (κ1) is 18.1. The lowest BCUT2D eigenvalue weighted by molar-refractivity contribution is 0.0668. The fourth-order valence-electron chi connectivity index (χ4n) is 2.79. The number of carbonyl (C=O) groups is 1. The number of nitrogens with zero attached hydrogens (tertiary/aromatic N) is 3. The summed E-state index contributed by atoms with van der Waals surface area (Å²) in [6.07, 6.45) is 1.60. The van der Waals surface area contributed by atoms with Gasteiger partial charge in [-0.2, -0.15) is 0 Å². The molecule has 3 rings (SSSR count). The van der Waals surface area contributed by atoms with E-state index < -0.39 is 0 Å². The van der Waals surface area contributed by atoms with Gasteiger partial charge in [-0.25, -0.2) is 4.98 Å². The van der Waals surface area contributed by atoms with E-state index >= 15 is 0 Å². The summed E-state index contributed by atoms with van der Waals surface area (Å²) in [5.41, 5.74) is 2.37. The molecule has 0 atom stereocenters. The number of aromatic nitrogens is 2. The third-order valence-corrected chi connectivity index (χ3v) is 4.24. The monoisotopic (exact) mass is 357 g/mol. The van der Waals surface area contributed by atoms with Crippen LogP contribution in [0.3, 0.4) is 0 Å². The van der Waals surface area contributed by atoms with Gasteiger partial charge in [0.05, 0.1) is 36.1 Å². The highest BCUT2D eigenvalue weighted by atomic mass is 16.5. The molecule has 0 bridgehead atoms. The van der Waals surface area contributed by atoms with Crippen LogP contribution < -0.4 is 0 Å². The van der Waals surface area contributed by atoms with Crippen molar-refractivity contribution in [3.8, 4) is 0 Å². The maximum absolute atomic E-state index is 13.3. The van der Waals surface area contributed by atoms with E-state index in [9.17, 15) is 4.79 Å². The zero-order valence-electron chi connectivity index (χ0n) is 15.5. The van der Waals surface area contributed by atoms with Crippen LogP contribution in [0.15, 0.2) is 33.4 Å². The van der Waals surface area contributed by atoms with Gasteiger partial charge >= 0.3 is 0 Å². The molecule has 0 spiro atoms. The molecule has 3 heterocycles. The van der Waals surface area contributed by atoms with Crippen molar-refractivity contribution >= 4 is 17.0 Å². The van der Waals surface area contributed by atoms with Crippen LogP contribution in [-0.4, -0.2) is 41.2 Å². The second-order valence-corrected chi connectivity index (χ2v) is 6.50. The predicted octanol–water partition coefficient (Wildman–Crippen LogP) is 3.54. The number of rotatable bonds is 7. The quantitative estimate of drug-likeness (QED) is 0.643. The largest absolute Gasteiger partial charge is 0.467 e. The summed E-state index contributed by atoms with van der Waals surface area (Å²) in [6.45, 7) is 7.10. The molecule has 138 valence electrons. The van der Waals surface area contributed by atoms with Crippen LogP contribution in [0.25, 0.3) is 11.1 Å². The predicted molar refractivity (Wildman–Crippen MR) is 96.0 cm³/mol. The Morgan fingerprint density at radius 2 is 2.19 bits per heavy atom. The van der Waals surface area contributed by atoms with Crippen molar-refractivity contribution in [3.05, 3.63) is 47.2 Å². The fraction of sp³-hybridized carbons (Fsp3) is 0.421. The van der Waals surface area contributed by atoms with Gasteiger partial charge in [-0.3, -0.25) is 4.79 Å². The van der Waals surface area contributed by atoms with Gasteiger partial charge in [-0.15, -0.1) is 0 Å². The van der Waals surface area contributed by atoms with Gasteiger partial charge < -0.3 is 18.6 Å². The van der Waals surface area contributed by atoms with Crippen LogP contribution in [0, 0.1) is 6.92 Å². The molecular formula is C19H23N3O4. The standard InChI is InChI=1S/C19H23N3O4/c1-12(2)16-10-15(17-13(3)21-26-18(17)20-16)19(23)22(7-9-24-4)11-14-6-5-8-25-14/h5-6,8,10,12H,7,9,11H2,1-4H3. The first-order valence-electron chi connectivity index (χ1n) is 8.58. The summed E-state index contributed by atoms with van der Waals surface area (Å²) in [4.78, 5) is 19.5. The van der Waals surface area contributed by atoms with Gasteiger partial charge in [-0.05, 0) is 31.0 Å². The Hall–Kier alpha value is -2.67. The maximum atomic E-state index is 13.3. The minimum absolute atomic E-state index is 0.126. The zero-order valence-corrected chi connectivity index (χ0v) is 15.5. The maximum Gasteiger partial charge on any atom is 0.259 e. The first-order chi connectivity index (χ1) is 12.5. The lowest BCUT2D eigenvalue weighted by atomic mass is 10.0. The summed E-state index contributed by atoms with van der Waals surface area (Å²) < 4.78 is 15.9. The van der Waals surface area contributed by atoms with Crippen molar-refractivity contribution in [3.63, 3.8) is 0 Å². The van der Waals surface area contributed by atoms with E-state index in [1.807, 2.05) is 32.9 Å². The molecule has 0 saturated heterocycles. The number of furan rings is 1. The molecular weight excluding hydrogens is 334 g/mol. The second kappa shape index (κ2) is 7.70. The fourth-order valence-corrected chi connectivity index (χ4v) is 2.79. The van der Waals surface area contributed by atoms with Gasteiger partial charge in [0.15, 0.2) is 0 Å². The third kappa shape index (κ3) is 3.62. The van der Waals surface area contributed by atoms with E-state index in [0.717, 1.165) is 5.69 Å². The van der Waals surface area contributed by atoms with Crippen LogP contribution in [0.5, 0.6) is 0 Å². The van der Waals surface area contributed by atoms with E-state index in [-0.39, 0.29) is 11.8 Å². The Morgan fingerprint density at radius 3 is 2.85 bits per heavy atom. The average Bonchev–Trinajstić information content (AvgIpc) is 3.27. The molecule has 0 radical (unpaired) electrons. The minimum atomic E-state index is -0.126. The lowest BCUT2D eigenvalue weighted by Gasteiger charge is -2.22. The number of carbonyl (C=O) groups excluding carboxylic acids is 1. The summed E-state index contributed by atoms with van der Waals surface area (Å²) >= 11 is 0. The third-order valence-electron chi connectivity index (χ3n) is 4.24. The number of methoxy groups -OCH3 is 1. The summed E-state index contributed by atoms with van der Waals surface area (Å²) in [7, 11) is 1.61. The molecule has 0 fully saturated rings. The van der Waals surface area contributed by atoms with E-state index in [4.69, 9.17) is 13.7 Å². The van der Waals surface area contributed by atoms with Gasteiger partial charge in [0.1, 0.15) is 5.76 Å². The number of amides is 1. The molecule has 0 aliphatic rings. The van der Waals surface area contributed by atoms with Crippen molar-refractivity contribution in [2.75, 3.05) is 20.3 Å². The summed E-state index contributed by atoms with van der Waals surface area (Å²) in [5, 5.41) is 4.64. The zero-order chi connectivity index (χ0) is 18.7. The molecule has 0 unspecified atom stereocenters. The van der Waals surface area contributed by atoms with Crippen molar-refractivity contribution in [2.24, 2.45) is 0 Å². The van der Waals surface area contributed by atoms with Crippen molar-refractivity contribution in [2.45, 2.75) is 33.2 Å². The van der Waals surface area contributed by atoms with Crippen LogP contribution in [-0.2, 0) is 11.3 Å². The van der Waals surface area contributed by atoms with Gasteiger partial charge in [0, 0.05) is 19.3 Å². The molecule has 7 nitrogen and oxygen atoms in total. The highest BCUT2D eigenvalue weighted by Crippen LogP contribution is 2.26. The van der Waals surface area contributed by atoms with Crippen molar-refractivity contribution < 1.29 is 18.5 Å². The minimum Gasteiger partial charge on any atom is -0.467 e. The molecule has 0 N–H and O–H groups in total. The van der Waals surface area contributed by atoms with Gasteiger partial charge in [-0.1, -0.05) is 19.0 Å². The lowest BCUT2D eigenvalue weighted by Crippen LogP contribution is -2.33. The Balaban J connectivity index is 2.03. The van der Waals surface area contributed by atoms with Crippen molar-refractivity contribution in [1.29, 1.82) is 0 Å². The number of hydrogen-bond acceptors (Lipinski definition) is 6. The van der Waals surface area contributed by atoms with Gasteiger partial charge in [0.2, 0.25) is 0 Å². The second-order valence-electron chi connectivity index (χ2n) is 6.50. The Labute approximate surface area is 151 Å². The Kier molecular flexibility index (Phi) is 5.37. The molecule has 0 aliphatic carbocycles. The van der Waals surface area contributed by atoms with Crippen LogP contribution in [0.4, 0.5) is 0 Å². The van der Waals surface area contributed by atoms with Crippen LogP contribution in [0.2, 0.25) is 0 Å². The number of ether oxygens (including phenoxy) is 1. The van der Waals surface area contributed by atoms with E-state index in [1.165, 1.54) is 0 Å². The van der Waals surface area contributed by atoms with Crippen molar-refractivity contribution in [1.82, 2.24) is 15.0 Å². The van der Waals surface area contributed by atoms with Crippen LogP contribution >= 0.6 is 0 Å². The first-order valence-corrected chi connectivity index (χ1v) is 8.58. The smallest absolute Gasteiger partial charge is 0.259 e. The average molecular weight is 357 g/mol. The number of hydrogen-bond donors (Lipinski definition) is 0. The highest BCUT2D eigenvalue weighted by Gasteiger charge is 2.24. The molecule has 7 heteroatoms. The molecule has 3 aromatic heterocycles. The summed E-state index contributed by atoms with van der Waals surface area (Å²) in [6, 6.07) is 5.49. The highest BCUT2D eigenvalue weighted by molar-refractivity contribution is 6.06. The SMILES string of the molecule is COCCN(Cc1ccco1)C(=O)c1cc(C(C)C)nc2onc(C)c12. The molecule has 0 aromatic carbocycles. The number of aryl methyl sites for hydroxylation is 1. The Bertz CT molecular complexity index is 884. The summed E-state index contributed by atoms with van der Waals surface area (Å²) in [5.74, 6) is 0.749. The number of fused-ring (bicyclic) bond motifs is 1. The molecule has 26 heavy (non-hydrogen) atoms. The van der Waals surface area contributed by atoms with Crippen LogP contribution in [0.1, 0.15) is 47.3 Å². The van der Waals surface area contributed by atoms with Gasteiger partial charge in [0.25, 0.3) is 11.6 Å². The van der Waals surface area contributed by atoms with E-state index in [0.29, 0.717) is 47.8 Å². The molecule has 3 aromatic rings. The number of pyridine rings is 1. The molecule has 0 saturated carbocycles. The molecule has 0 aliphatic heterocycles. The normalized spacial score (nSPS) is 11.4. The van der Waals surface area contributed by atoms with E-state index in [2.05, 4.69) is 10.1 Å².